The molecule has 0 aliphatic carbocycles. The third-order valence-electron chi connectivity index (χ3n) is 3.51. The van der Waals surface area contributed by atoms with Crippen molar-refractivity contribution in [1.29, 1.82) is 0 Å². The summed E-state index contributed by atoms with van der Waals surface area (Å²) in [6.45, 7) is 4.55. The highest BCUT2D eigenvalue weighted by Gasteiger charge is 2.35. The first-order chi connectivity index (χ1) is 7.29. The molecule has 0 saturated carbocycles. The van der Waals surface area contributed by atoms with Crippen molar-refractivity contribution in [2.45, 2.75) is 19.8 Å². The quantitative estimate of drug-likeness (QED) is 0.814. The fourth-order valence-corrected chi connectivity index (χ4v) is 2.23. The molecule has 1 N–H and O–H groups in total. The normalized spacial score (nSPS) is 18.3. The Labute approximate surface area is 91.6 Å². The molecule has 82 valence electrons. The predicted octanol–water partition coefficient (Wildman–Crippen LogP) is 2.24. The number of methoxy groups -OCH3 is 1. The van der Waals surface area contributed by atoms with Gasteiger partial charge in [-0.05, 0) is 29.9 Å². The Kier molecular flexibility index (Phi) is 2.96. The summed E-state index contributed by atoms with van der Waals surface area (Å²) in [6, 6.07) is 8.34. The smallest absolute Gasteiger partial charge is 0.122 e. The Morgan fingerprint density at radius 1 is 1.33 bits per heavy atom. The molecular weight excluding hydrogens is 186 g/mol. The third kappa shape index (κ3) is 2.00. The molecule has 2 nitrogen and oxygen atoms in total. The van der Waals surface area contributed by atoms with Gasteiger partial charge in [-0.2, -0.15) is 0 Å². The summed E-state index contributed by atoms with van der Waals surface area (Å²) in [5.41, 5.74) is 1.80. The Morgan fingerprint density at radius 2 is 2.07 bits per heavy atom. The molecule has 1 heterocycles. The molecule has 0 atom stereocenters. The van der Waals surface area contributed by atoms with Crippen LogP contribution in [0.15, 0.2) is 24.3 Å². The number of para-hydroxylation sites is 1. The van der Waals surface area contributed by atoms with E-state index in [4.69, 9.17) is 4.74 Å². The minimum atomic E-state index is 0.467. The number of hydrogen-bond donors (Lipinski definition) is 1. The van der Waals surface area contributed by atoms with E-state index in [2.05, 4.69) is 24.4 Å². The summed E-state index contributed by atoms with van der Waals surface area (Å²) >= 11 is 0. The first-order valence-corrected chi connectivity index (χ1v) is 5.62. The van der Waals surface area contributed by atoms with Crippen molar-refractivity contribution in [3.63, 3.8) is 0 Å². The first kappa shape index (κ1) is 10.5. The van der Waals surface area contributed by atoms with E-state index in [0.717, 1.165) is 25.3 Å². The second-order valence-corrected chi connectivity index (χ2v) is 4.45. The molecular formula is C13H19NO. The van der Waals surface area contributed by atoms with Crippen LogP contribution >= 0.6 is 0 Å². The van der Waals surface area contributed by atoms with E-state index in [1.165, 1.54) is 12.0 Å². The molecule has 1 aliphatic rings. The number of nitrogens with one attached hydrogen (secondary N) is 1. The zero-order valence-corrected chi connectivity index (χ0v) is 9.55. The van der Waals surface area contributed by atoms with E-state index < -0.39 is 0 Å². The van der Waals surface area contributed by atoms with Crippen molar-refractivity contribution in [2.75, 3.05) is 20.2 Å². The predicted molar refractivity (Wildman–Crippen MR) is 62.3 cm³/mol. The number of ether oxygens (including phenoxy) is 1. The SMILES string of the molecule is CCC1(Cc2ccccc2OC)CNC1. The highest BCUT2D eigenvalue weighted by molar-refractivity contribution is 5.34. The van der Waals surface area contributed by atoms with Gasteiger partial charge in [0.25, 0.3) is 0 Å². The van der Waals surface area contributed by atoms with Crippen LogP contribution in [0, 0.1) is 5.41 Å². The zero-order valence-electron chi connectivity index (χ0n) is 9.55. The minimum Gasteiger partial charge on any atom is -0.496 e. The van der Waals surface area contributed by atoms with Crippen molar-refractivity contribution >= 4 is 0 Å². The fourth-order valence-electron chi connectivity index (χ4n) is 2.23. The van der Waals surface area contributed by atoms with E-state index in [0.29, 0.717) is 5.41 Å². The average Bonchev–Trinajstić information content (AvgIpc) is 2.24. The van der Waals surface area contributed by atoms with E-state index in [1.54, 1.807) is 7.11 Å². The zero-order chi connectivity index (χ0) is 10.7. The molecule has 1 aromatic rings. The van der Waals surface area contributed by atoms with Crippen LogP contribution in [-0.2, 0) is 6.42 Å². The van der Waals surface area contributed by atoms with Crippen molar-refractivity contribution in [2.24, 2.45) is 5.41 Å². The second-order valence-electron chi connectivity index (χ2n) is 4.45. The van der Waals surface area contributed by atoms with Crippen molar-refractivity contribution in [1.82, 2.24) is 5.32 Å². The number of benzene rings is 1. The lowest BCUT2D eigenvalue weighted by Gasteiger charge is -2.42. The minimum absolute atomic E-state index is 0.467. The van der Waals surface area contributed by atoms with Crippen LogP contribution in [0.3, 0.4) is 0 Å². The van der Waals surface area contributed by atoms with Gasteiger partial charge in [0.05, 0.1) is 7.11 Å². The summed E-state index contributed by atoms with van der Waals surface area (Å²) in [7, 11) is 1.75. The molecule has 0 unspecified atom stereocenters. The summed E-state index contributed by atoms with van der Waals surface area (Å²) in [4.78, 5) is 0. The lowest BCUT2D eigenvalue weighted by Crippen LogP contribution is -2.54. The van der Waals surface area contributed by atoms with Gasteiger partial charge in [-0.25, -0.2) is 0 Å². The van der Waals surface area contributed by atoms with Gasteiger partial charge in [0, 0.05) is 13.1 Å². The van der Waals surface area contributed by atoms with Crippen LogP contribution in [0.1, 0.15) is 18.9 Å². The van der Waals surface area contributed by atoms with E-state index in [9.17, 15) is 0 Å². The molecule has 15 heavy (non-hydrogen) atoms. The molecule has 0 amide bonds. The highest BCUT2D eigenvalue weighted by Crippen LogP contribution is 2.34. The maximum absolute atomic E-state index is 5.38. The van der Waals surface area contributed by atoms with Crippen LogP contribution in [0.25, 0.3) is 0 Å². The fraction of sp³-hybridized carbons (Fsp3) is 0.538. The lowest BCUT2D eigenvalue weighted by atomic mass is 9.74. The number of rotatable bonds is 4. The van der Waals surface area contributed by atoms with Gasteiger partial charge >= 0.3 is 0 Å². The molecule has 0 aromatic heterocycles. The molecule has 1 aromatic carbocycles. The molecule has 0 spiro atoms. The van der Waals surface area contributed by atoms with E-state index in [-0.39, 0.29) is 0 Å². The molecule has 2 rings (SSSR count). The largest absolute Gasteiger partial charge is 0.496 e. The van der Waals surface area contributed by atoms with Gasteiger partial charge < -0.3 is 10.1 Å². The summed E-state index contributed by atoms with van der Waals surface area (Å²) in [5.74, 6) is 1.03. The Bertz CT molecular complexity index is 326. The molecule has 1 aliphatic heterocycles. The topological polar surface area (TPSA) is 21.3 Å². The maximum Gasteiger partial charge on any atom is 0.122 e. The van der Waals surface area contributed by atoms with Gasteiger partial charge in [0.2, 0.25) is 0 Å². The van der Waals surface area contributed by atoms with Gasteiger partial charge in [0.1, 0.15) is 5.75 Å². The van der Waals surface area contributed by atoms with Crippen LogP contribution < -0.4 is 10.1 Å². The number of hydrogen-bond acceptors (Lipinski definition) is 2. The molecule has 1 saturated heterocycles. The van der Waals surface area contributed by atoms with Crippen molar-refractivity contribution in [3.8, 4) is 5.75 Å². The standard InChI is InChI=1S/C13H19NO/c1-3-13(9-14-10-13)8-11-6-4-5-7-12(11)15-2/h4-7,14H,3,8-10H2,1-2H3. The third-order valence-corrected chi connectivity index (χ3v) is 3.51. The Hall–Kier alpha value is -1.02. The second kappa shape index (κ2) is 4.23. The Balaban J connectivity index is 2.15. The summed E-state index contributed by atoms with van der Waals surface area (Å²) in [5, 5.41) is 3.37. The van der Waals surface area contributed by atoms with E-state index in [1.807, 2.05) is 12.1 Å². The molecule has 2 heteroatoms. The van der Waals surface area contributed by atoms with Crippen LogP contribution in [0.2, 0.25) is 0 Å². The highest BCUT2D eigenvalue weighted by atomic mass is 16.5. The maximum atomic E-state index is 5.38. The first-order valence-electron chi connectivity index (χ1n) is 5.62. The van der Waals surface area contributed by atoms with Crippen LogP contribution in [0.4, 0.5) is 0 Å². The molecule has 1 fully saturated rings. The van der Waals surface area contributed by atoms with Gasteiger partial charge in [-0.15, -0.1) is 0 Å². The van der Waals surface area contributed by atoms with Crippen molar-refractivity contribution < 1.29 is 4.74 Å². The van der Waals surface area contributed by atoms with Crippen LogP contribution in [-0.4, -0.2) is 20.2 Å². The summed E-state index contributed by atoms with van der Waals surface area (Å²) in [6.07, 6.45) is 2.36. The van der Waals surface area contributed by atoms with Gasteiger partial charge in [-0.3, -0.25) is 0 Å². The average molecular weight is 205 g/mol. The molecule has 0 bridgehead atoms. The molecule has 0 radical (unpaired) electrons. The monoisotopic (exact) mass is 205 g/mol. The Morgan fingerprint density at radius 3 is 2.60 bits per heavy atom. The lowest BCUT2D eigenvalue weighted by molar-refractivity contribution is 0.159. The van der Waals surface area contributed by atoms with Gasteiger partial charge in [-0.1, -0.05) is 25.1 Å². The van der Waals surface area contributed by atoms with Gasteiger partial charge in [0.15, 0.2) is 0 Å². The van der Waals surface area contributed by atoms with E-state index >= 15 is 0 Å². The summed E-state index contributed by atoms with van der Waals surface area (Å²) < 4.78 is 5.38. The van der Waals surface area contributed by atoms with Crippen molar-refractivity contribution in [3.05, 3.63) is 29.8 Å². The van der Waals surface area contributed by atoms with Crippen LogP contribution in [0.5, 0.6) is 5.75 Å².